The largest absolute Gasteiger partial charge is 0.381 e. The molecule has 0 saturated heterocycles. The average molecular weight is 285 g/mol. The van der Waals surface area contributed by atoms with E-state index in [0.29, 0.717) is 0 Å². The first-order valence-corrected chi connectivity index (χ1v) is 8.08. The van der Waals surface area contributed by atoms with Crippen molar-refractivity contribution in [1.29, 1.82) is 0 Å². The molecule has 0 radical (unpaired) electrons. The number of hydrogen-bond donors (Lipinski definition) is 1. The predicted molar refractivity (Wildman–Crippen MR) is 83.2 cm³/mol. The summed E-state index contributed by atoms with van der Waals surface area (Å²) < 4.78 is 8.13. The minimum atomic E-state index is 0.286. The summed E-state index contributed by atoms with van der Waals surface area (Å²) in [6.45, 7) is 6.04. The molecule has 1 aliphatic carbocycles. The Labute approximate surface area is 125 Å². The van der Waals surface area contributed by atoms with Gasteiger partial charge in [0, 0.05) is 37.4 Å². The molecule has 2 aromatic rings. The van der Waals surface area contributed by atoms with Gasteiger partial charge in [-0.1, -0.05) is 0 Å². The molecule has 0 aromatic carbocycles. The van der Waals surface area contributed by atoms with Crippen LogP contribution in [0.3, 0.4) is 0 Å². The second-order valence-electron chi connectivity index (χ2n) is 6.48. The molecule has 1 N–H and O–H groups in total. The SMILES string of the molecule is CC1NCCCOCC2CC2Cn2ccc3ccc1nc32. The Balaban J connectivity index is 1.66. The van der Waals surface area contributed by atoms with Crippen molar-refractivity contribution in [3.63, 3.8) is 0 Å². The first-order chi connectivity index (χ1) is 10.3. The number of nitrogens with zero attached hydrogens (tertiary/aromatic N) is 2. The van der Waals surface area contributed by atoms with Gasteiger partial charge in [-0.3, -0.25) is 0 Å². The molecule has 2 bridgehead atoms. The van der Waals surface area contributed by atoms with Crippen molar-refractivity contribution in [2.45, 2.75) is 32.4 Å². The highest BCUT2D eigenvalue weighted by Gasteiger charge is 2.37. The normalized spacial score (nSPS) is 30.0. The Kier molecular flexibility index (Phi) is 3.43. The number of aromatic nitrogens is 2. The quantitative estimate of drug-likeness (QED) is 0.809. The molecule has 0 spiro atoms. The molecule has 4 heteroatoms. The van der Waals surface area contributed by atoms with Crippen LogP contribution in [-0.4, -0.2) is 29.3 Å². The van der Waals surface area contributed by atoms with Crippen molar-refractivity contribution >= 4 is 11.0 Å². The van der Waals surface area contributed by atoms with Crippen LogP contribution in [0.15, 0.2) is 24.4 Å². The van der Waals surface area contributed by atoms with E-state index < -0.39 is 0 Å². The summed E-state index contributed by atoms with van der Waals surface area (Å²) in [4.78, 5) is 4.91. The van der Waals surface area contributed by atoms with E-state index in [-0.39, 0.29) is 6.04 Å². The van der Waals surface area contributed by atoms with Crippen LogP contribution in [0.25, 0.3) is 11.0 Å². The fourth-order valence-electron chi connectivity index (χ4n) is 3.29. The maximum Gasteiger partial charge on any atom is 0.140 e. The highest BCUT2D eigenvalue weighted by molar-refractivity contribution is 5.76. The van der Waals surface area contributed by atoms with E-state index in [1.807, 2.05) is 0 Å². The number of rotatable bonds is 0. The third-order valence-corrected chi connectivity index (χ3v) is 4.82. The van der Waals surface area contributed by atoms with Crippen molar-refractivity contribution in [2.75, 3.05) is 19.8 Å². The number of hydrogen-bond acceptors (Lipinski definition) is 3. The molecule has 21 heavy (non-hydrogen) atoms. The van der Waals surface area contributed by atoms with E-state index >= 15 is 0 Å². The zero-order valence-corrected chi connectivity index (χ0v) is 12.6. The van der Waals surface area contributed by atoms with Gasteiger partial charge in [0.2, 0.25) is 0 Å². The first-order valence-electron chi connectivity index (χ1n) is 8.08. The van der Waals surface area contributed by atoms with E-state index in [1.54, 1.807) is 0 Å². The van der Waals surface area contributed by atoms with E-state index in [1.165, 1.54) is 11.8 Å². The number of pyridine rings is 1. The molecule has 4 nitrogen and oxygen atoms in total. The minimum absolute atomic E-state index is 0.286. The Morgan fingerprint density at radius 1 is 1.29 bits per heavy atom. The minimum Gasteiger partial charge on any atom is -0.381 e. The second-order valence-corrected chi connectivity index (χ2v) is 6.48. The summed E-state index contributed by atoms with van der Waals surface area (Å²) in [6.07, 6.45) is 4.55. The second kappa shape index (κ2) is 5.43. The van der Waals surface area contributed by atoms with Crippen LogP contribution in [0, 0.1) is 11.8 Å². The summed E-state index contributed by atoms with van der Waals surface area (Å²) >= 11 is 0. The van der Waals surface area contributed by atoms with Crippen LogP contribution >= 0.6 is 0 Å². The van der Waals surface area contributed by atoms with Gasteiger partial charge in [-0.05, 0) is 56.3 Å². The van der Waals surface area contributed by atoms with Crippen LogP contribution in [-0.2, 0) is 11.3 Å². The predicted octanol–water partition coefficient (Wildman–Crippen LogP) is 2.74. The Morgan fingerprint density at radius 3 is 3.19 bits per heavy atom. The summed E-state index contributed by atoms with van der Waals surface area (Å²) in [5, 5.41) is 4.78. The zero-order valence-electron chi connectivity index (χ0n) is 12.6. The van der Waals surface area contributed by atoms with Crippen LogP contribution in [0.2, 0.25) is 0 Å². The highest BCUT2D eigenvalue weighted by Crippen LogP contribution is 2.40. The standard InChI is InChI=1S/C17H23N3O/c1-12-16-4-3-13-5-7-20(17(13)19-16)10-14-9-15(14)11-21-8-2-6-18-12/h3-5,7,12,14-15,18H,2,6,8-11H2,1H3. The topological polar surface area (TPSA) is 39.1 Å². The van der Waals surface area contributed by atoms with Gasteiger partial charge in [0.25, 0.3) is 0 Å². The molecular formula is C17H23N3O. The molecule has 0 amide bonds. The molecule has 4 rings (SSSR count). The lowest BCUT2D eigenvalue weighted by Gasteiger charge is -2.15. The summed E-state index contributed by atoms with van der Waals surface area (Å²) in [5.41, 5.74) is 2.26. The summed E-state index contributed by atoms with van der Waals surface area (Å²) in [7, 11) is 0. The lowest BCUT2D eigenvalue weighted by atomic mass is 10.2. The molecule has 3 atom stereocenters. The zero-order chi connectivity index (χ0) is 14.2. The maximum atomic E-state index is 5.81. The van der Waals surface area contributed by atoms with Gasteiger partial charge in [0.1, 0.15) is 5.65 Å². The van der Waals surface area contributed by atoms with Crippen molar-refractivity contribution in [3.05, 3.63) is 30.1 Å². The van der Waals surface area contributed by atoms with E-state index in [2.05, 4.69) is 41.2 Å². The molecule has 3 heterocycles. The van der Waals surface area contributed by atoms with Crippen molar-refractivity contribution in [1.82, 2.24) is 14.9 Å². The third-order valence-electron chi connectivity index (χ3n) is 4.82. The van der Waals surface area contributed by atoms with Crippen molar-refractivity contribution < 1.29 is 4.74 Å². The summed E-state index contributed by atoms with van der Waals surface area (Å²) in [6, 6.07) is 6.81. The van der Waals surface area contributed by atoms with Crippen LogP contribution in [0.5, 0.6) is 0 Å². The number of nitrogens with one attached hydrogen (secondary N) is 1. The molecule has 2 aromatic heterocycles. The van der Waals surface area contributed by atoms with Gasteiger partial charge in [-0.15, -0.1) is 0 Å². The highest BCUT2D eigenvalue weighted by atomic mass is 16.5. The smallest absolute Gasteiger partial charge is 0.140 e. The van der Waals surface area contributed by atoms with Crippen LogP contribution < -0.4 is 5.32 Å². The molecule has 3 unspecified atom stereocenters. The van der Waals surface area contributed by atoms with Gasteiger partial charge in [0.05, 0.1) is 5.69 Å². The van der Waals surface area contributed by atoms with Crippen molar-refractivity contribution in [2.24, 2.45) is 11.8 Å². The van der Waals surface area contributed by atoms with Gasteiger partial charge in [0.15, 0.2) is 0 Å². The van der Waals surface area contributed by atoms with Gasteiger partial charge in [-0.2, -0.15) is 0 Å². The van der Waals surface area contributed by atoms with Crippen molar-refractivity contribution in [3.8, 4) is 0 Å². The molecule has 1 saturated carbocycles. The fraction of sp³-hybridized carbons (Fsp3) is 0.588. The summed E-state index contributed by atoms with van der Waals surface area (Å²) in [5.74, 6) is 1.52. The maximum absolute atomic E-state index is 5.81. The lowest BCUT2D eigenvalue weighted by Crippen LogP contribution is -2.22. The van der Waals surface area contributed by atoms with Gasteiger partial charge in [-0.25, -0.2) is 4.98 Å². The number of ether oxygens (including phenoxy) is 1. The van der Waals surface area contributed by atoms with E-state index in [4.69, 9.17) is 9.72 Å². The first kappa shape index (κ1) is 13.3. The Morgan fingerprint density at radius 2 is 2.24 bits per heavy atom. The lowest BCUT2D eigenvalue weighted by molar-refractivity contribution is 0.117. The molecular weight excluding hydrogens is 262 g/mol. The van der Waals surface area contributed by atoms with E-state index in [9.17, 15) is 0 Å². The average Bonchev–Trinajstić information content (AvgIpc) is 3.11. The Bertz CT molecular complexity index is 636. The third kappa shape index (κ3) is 2.70. The molecule has 112 valence electrons. The van der Waals surface area contributed by atoms with Crippen LogP contribution in [0.1, 0.15) is 31.5 Å². The monoisotopic (exact) mass is 285 g/mol. The molecule has 1 aliphatic heterocycles. The molecule has 2 aliphatic rings. The van der Waals surface area contributed by atoms with Crippen LogP contribution in [0.4, 0.5) is 0 Å². The Hall–Kier alpha value is -1.39. The molecule has 1 fully saturated rings. The fourth-order valence-corrected chi connectivity index (χ4v) is 3.29. The van der Waals surface area contributed by atoms with Gasteiger partial charge >= 0.3 is 0 Å². The van der Waals surface area contributed by atoms with Gasteiger partial charge < -0.3 is 14.6 Å². The number of fused-ring (bicyclic) bond motifs is 2. The van der Waals surface area contributed by atoms with E-state index in [0.717, 1.165) is 55.9 Å².